The summed E-state index contributed by atoms with van der Waals surface area (Å²) in [5.41, 5.74) is -0.994. The van der Waals surface area contributed by atoms with Crippen LogP contribution >= 0.6 is 0 Å². The van der Waals surface area contributed by atoms with E-state index in [1.54, 1.807) is 13.0 Å². The Labute approximate surface area is 102 Å². The van der Waals surface area contributed by atoms with Gasteiger partial charge in [-0.3, -0.25) is 4.79 Å². The number of carbonyl (C=O) groups excluding carboxylic acids is 1. The number of hydrogen-bond acceptors (Lipinski definition) is 2. The van der Waals surface area contributed by atoms with Crippen LogP contribution in [-0.2, 0) is 11.0 Å². The van der Waals surface area contributed by atoms with Gasteiger partial charge in [-0.1, -0.05) is 6.92 Å². The van der Waals surface area contributed by atoms with Crippen molar-refractivity contribution in [3.8, 4) is 6.07 Å². The van der Waals surface area contributed by atoms with Gasteiger partial charge >= 0.3 is 6.18 Å². The Kier molecular flexibility index (Phi) is 4.32. The molecule has 96 valence electrons. The second kappa shape index (κ2) is 5.54. The Balaban J connectivity index is 3.08. The summed E-state index contributed by atoms with van der Waals surface area (Å²) >= 11 is 0. The number of carbonyl (C=O) groups is 1. The maximum absolute atomic E-state index is 12.5. The number of benzene rings is 1. The number of halogens is 3. The number of alkyl halides is 3. The second-order valence-corrected chi connectivity index (χ2v) is 3.67. The first kappa shape index (κ1) is 14.0. The summed E-state index contributed by atoms with van der Waals surface area (Å²) in [7, 11) is 0. The fourth-order valence-electron chi connectivity index (χ4n) is 1.36. The summed E-state index contributed by atoms with van der Waals surface area (Å²) in [4.78, 5) is 11.3. The Hall–Kier alpha value is -2.03. The number of amides is 1. The highest BCUT2D eigenvalue weighted by Gasteiger charge is 2.31. The molecule has 0 radical (unpaired) electrons. The second-order valence-electron chi connectivity index (χ2n) is 3.67. The quantitative estimate of drug-likeness (QED) is 0.901. The molecule has 0 aliphatic carbocycles. The molecule has 1 rings (SSSR count). The van der Waals surface area contributed by atoms with Crippen LogP contribution in [0.25, 0.3) is 0 Å². The summed E-state index contributed by atoms with van der Waals surface area (Å²) in [6, 6.07) is 4.37. The fourth-order valence-corrected chi connectivity index (χ4v) is 1.36. The van der Waals surface area contributed by atoms with Crippen molar-refractivity contribution in [2.24, 2.45) is 0 Å². The molecule has 1 aromatic rings. The zero-order chi connectivity index (χ0) is 13.8. The van der Waals surface area contributed by atoms with E-state index in [0.717, 1.165) is 18.2 Å². The summed E-state index contributed by atoms with van der Waals surface area (Å²) in [6.45, 7) is 1.77. The molecule has 1 amide bonds. The van der Waals surface area contributed by atoms with Gasteiger partial charge in [0.1, 0.15) is 6.07 Å². The lowest BCUT2D eigenvalue weighted by Crippen LogP contribution is -2.13. The zero-order valence-corrected chi connectivity index (χ0v) is 9.64. The molecule has 0 aromatic heterocycles. The molecule has 3 nitrogen and oxygen atoms in total. The van der Waals surface area contributed by atoms with E-state index in [2.05, 4.69) is 5.32 Å². The van der Waals surface area contributed by atoms with Crippen molar-refractivity contribution in [1.29, 1.82) is 5.26 Å². The molecule has 0 aliphatic heterocycles. The first-order valence-corrected chi connectivity index (χ1v) is 5.29. The van der Waals surface area contributed by atoms with E-state index >= 15 is 0 Å². The van der Waals surface area contributed by atoms with E-state index in [4.69, 9.17) is 5.26 Å². The Morgan fingerprint density at radius 1 is 1.44 bits per heavy atom. The minimum Gasteiger partial charge on any atom is -0.325 e. The molecular weight excluding hydrogens is 245 g/mol. The standard InChI is InChI=1S/C12H11F3N2O/c1-2-3-11(18)17-10-6-9(12(13,14)15)5-4-8(10)7-16/h4-6H,2-3H2,1H3,(H,17,18). The molecular formula is C12H11F3N2O. The third-order valence-electron chi connectivity index (χ3n) is 2.22. The van der Waals surface area contributed by atoms with Crippen LogP contribution in [0.2, 0.25) is 0 Å². The lowest BCUT2D eigenvalue weighted by atomic mass is 10.1. The molecule has 0 fully saturated rings. The molecule has 0 bridgehead atoms. The molecule has 0 atom stereocenters. The lowest BCUT2D eigenvalue weighted by molar-refractivity contribution is -0.137. The van der Waals surface area contributed by atoms with E-state index in [0.29, 0.717) is 6.42 Å². The van der Waals surface area contributed by atoms with Gasteiger partial charge in [0.2, 0.25) is 5.91 Å². The Morgan fingerprint density at radius 3 is 2.61 bits per heavy atom. The van der Waals surface area contributed by atoms with E-state index in [1.165, 1.54) is 0 Å². The van der Waals surface area contributed by atoms with E-state index in [1.807, 2.05) is 0 Å². The molecule has 0 unspecified atom stereocenters. The molecule has 1 N–H and O–H groups in total. The number of nitrogens with zero attached hydrogens (tertiary/aromatic N) is 1. The molecule has 0 aliphatic rings. The Morgan fingerprint density at radius 2 is 2.11 bits per heavy atom. The molecule has 0 saturated heterocycles. The van der Waals surface area contributed by atoms with Crippen LogP contribution in [0.3, 0.4) is 0 Å². The monoisotopic (exact) mass is 256 g/mol. The molecule has 18 heavy (non-hydrogen) atoms. The van der Waals surface area contributed by atoms with Gasteiger partial charge in [-0.25, -0.2) is 0 Å². The molecule has 6 heteroatoms. The van der Waals surface area contributed by atoms with Crippen molar-refractivity contribution < 1.29 is 18.0 Å². The first-order valence-electron chi connectivity index (χ1n) is 5.29. The van der Waals surface area contributed by atoms with Crippen molar-refractivity contribution in [3.63, 3.8) is 0 Å². The van der Waals surface area contributed by atoms with Gasteiger partial charge in [-0.15, -0.1) is 0 Å². The number of rotatable bonds is 3. The van der Waals surface area contributed by atoms with Crippen LogP contribution in [0.4, 0.5) is 18.9 Å². The average Bonchev–Trinajstić information content (AvgIpc) is 2.28. The van der Waals surface area contributed by atoms with Gasteiger partial charge in [-0.2, -0.15) is 18.4 Å². The highest BCUT2D eigenvalue weighted by atomic mass is 19.4. The van der Waals surface area contributed by atoms with Gasteiger partial charge in [0, 0.05) is 6.42 Å². The predicted molar refractivity (Wildman–Crippen MR) is 59.7 cm³/mol. The maximum atomic E-state index is 12.5. The van der Waals surface area contributed by atoms with E-state index < -0.39 is 17.6 Å². The molecule has 0 spiro atoms. The van der Waals surface area contributed by atoms with Gasteiger partial charge in [0.25, 0.3) is 0 Å². The van der Waals surface area contributed by atoms with Crippen LogP contribution in [0.15, 0.2) is 18.2 Å². The van der Waals surface area contributed by atoms with Crippen LogP contribution in [0.5, 0.6) is 0 Å². The molecule has 1 aromatic carbocycles. The van der Waals surface area contributed by atoms with Crippen molar-refractivity contribution in [1.82, 2.24) is 0 Å². The highest BCUT2D eigenvalue weighted by molar-refractivity contribution is 5.92. The predicted octanol–water partition coefficient (Wildman–Crippen LogP) is 3.32. The topological polar surface area (TPSA) is 52.9 Å². The van der Waals surface area contributed by atoms with Gasteiger partial charge in [0.05, 0.1) is 16.8 Å². The van der Waals surface area contributed by atoms with Gasteiger partial charge in [0.15, 0.2) is 0 Å². The molecule has 0 heterocycles. The van der Waals surface area contributed by atoms with Crippen molar-refractivity contribution in [2.45, 2.75) is 25.9 Å². The van der Waals surface area contributed by atoms with Gasteiger partial charge in [-0.05, 0) is 24.6 Å². The average molecular weight is 256 g/mol. The third-order valence-corrected chi connectivity index (χ3v) is 2.22. The summed E-state index contributed by atoms with van der Waals surface area (Å²) in [6.07, 6.45) is -3.73. The Bertz CT molecular complexity index is 489. The van der Waals surface area contributed by atoms with Crippen molar-refractivity contribution in [3.05, 3.63) is 29.3 Å². The number of nitriles is 1. The lowest BCUT2D eigenvalue weighted by Gasteiger charge is -2.11. The van der Waals surface area contributed by atoms with Gasteiger partial charge < -0.3 is 5.32 Å². The van der Waals surface area contributed by atoms with Crippen LogP contribution in [0, 0.1) is 11.3 Å². The summed E-state index contributed by atoms with van der Waals surface area (Å²) in [5.74, 6) is -0.409. The van der Waals surface area contributed by atoms with Crippen LogP contribution in [-0.4, -0.2) is 5.91 Å². The smallest absolute Gasteiger partial charge is 0.325 e. The molecule has 0 saturated carbocycles. The van der Waals surface area contributed by atoms with Crippen LogP contribution < -0.4 is 5.32 Å². The SMILES string of the molecule is CCCC(=O)Nc1cc(C(F)(F)F)ccc1C#N. The number of anilines is 1. The van der Waals surface area contributed by atoms with Crippen molar-refractivity contribution in [2.75, 3.05) is 5.32 Å². The summed E-state index contributed by atoms with van der Waals surface area (Å²) < 4.78 is 37.5. The third kappa shape index (κ3) is 3.48. The normalized spacial score (nSPS) is 10.8. The van der Waals surface area contributed by atoms with Crippen LogP contribution in [0.1, 0.15) is 30.9 Å². The summed E-state index contributed by atoms with van der Waals surface area (Å²) in [5, 5.41) is 11.1. The number of hydrogen-bond donors (Lipinski definition) is 1. The fraction of sp³-hybridized carbons (Fsp3) is 0.333. The zero-order valence-electron chi connectivity index (χ0n) is 9.64. The maximum Gasteiger partial charge on any atom is 0.416 e. The largest absolute Gasteiger partial charge is 0.416 e. The first-order chi connectivity index (χ1) is 8.38. The minimum atomic E-state index is -4.50. The van der Waals surface area contributed by atoms with Crippen molar-refractivity contribution >= 4 is 11.6 Å². The van der Waals surface area contributed by atoms with E-state index in [9.17, 15) is 18.0 Å². The number of nitrogens with one attached hydrogen (secondary N) is 1. The highest BCUT2D eigenvalue weighted by Crippen LogP contribution is 2.32. The minimum absolute atomic E-state index is 0.00690. The van der Waals surface area contributed by atoms with E-state index in [-0.39, 0.29) is 17.7 Å².